The number of carbonyl (C=O) groups is 2. The summed E-state index contributed by atoms with van der Waals surface area (Å²) in [6, 6.07) is 5.67. The lowest BCUT2D eigenvalue weighted by Gasteiger charge is -2.05. The minimum atomic E-state index is -0.960. The molecular weight excluding hydrogens is 237 g/mol. The van der Waals surface area contributed by atoms with E-state index in [4.69, 9.17) is 5.11 Å². The number of carboxylic acid groups (broad SMARTS) is 1. The van der Waals surface area contributed by atoms with E-state index in [0.29, 0.717) is 5.56 Å². The number of amides is 1. The number of benzene rings is 1. The van der Waals surface area contributed by atoms with Crippen molar-refractivity contribution < 1.29 is 19.1 Å². The second-order valence-electron chi connectivity index (χ2n) is 3.87. The summed E-state index contributed by atoms with van der Waals surface area (Å²) < 4.78 is 12.6. The van der Waals surface area contributed by atoms with Crippen LogP contribution in [-0.2, 0) is 9.59 Å². The van der Waals surface area contributed by atoms with Crippen molar-refractivity contribution in [3.63, 3.8) is 0 Å². The molecule has 1 atom stereocenters. The van der Waals surface area contributed by atoms with Gasteiger partial charge in [0.2, 0.25) is 5.91 Å². The van der Waals surface area contributed by atoms with Gasteiger partial charge in [-0.1, -0.05) is 19.1 Å². The van der Waals surface area contributed by atoms with Gasteiger partial charge < -0.3 is 10.4 Å². The van der Waals surface area contributed by atoms with Gasteiger partial charge in [-0.2, -0.15) is 0 Å². The van der Waals surface area contributed by atoms with Crippen molar-refractivity contribution in [2.45, 2.75) is 6.92 Å². The Labute approximate surface area is 104 Å². The zero-order valence-electron chi connectivity index (χ0n) is 9.89. The van der Waals surface area contributed by atoms with Crippen LogP contribution in [0.4, 0.5) is 4.39 Å². The average molecular weight is 251 g/mol. The van der Waals surface area contributed by atoms with E-state index in [2.05, 4.69) is 5.32 Å². The summed E-state index contributed by atoms with van der Waals surface area (Å²) >= 11 is 0. The zero-order valence-corrected chi connectivity index (χ0v) is 9.89. The summed E-state index contributed by atoms with van der Waals surface area (Å²) in [6.07, 6.45) is 2.81. The van der Waals surface area contributed by atoms with Crippen molar-refractivity contribution in [1.29, 1.82) is 0 Å². The molecule has 0 saturated heterocycles. The van der Waals surface area contributed by atoms with Gasteiger partial charge in [0.15, 0.2) is 0 Å². The van der Waals surface area contributed by atoms with Crippen LogP contribution in [-0.4, -0.2) is 23.5 Å². The van der Waals surface area contributed by atoms with Gasteiger partial charge in [-0.05, 0) is 23.8 Å². The van der Waals surface area contributed by atoms with E-state index in [1.165, 1.54) is 31.2 Å². The van der Waals surface area contributed by atoms with E-state index in [9.17, 15) is 14.0 Å². The lowest BCUT2D eigenvalue weighted by molar-refractivity contribution is -0.141. The van der Waals surface area contributed by atoms with Gasteiger partial charge in [-0.25, -0.2) is 4.39 Å². The maximum Gasteiger partial charge on any atom is 0.308 e. The fraction of sp³-hybridized carbons (Fsp3) is 0.231. The Bertz CT molecular complexity index is 454. The molecule has 0 aromatic heterocycles. The molecule has 0 fully saturated rings. The van der Waals surface area contributed by atoms with Crippen LogP contribution in [0.25, 0.3) is 6.08 Å². The van der Waals surface area contributed by atoms with Crippen LogP contribution in [0.5, 0.6) is 0 Å². The average Bonchev–Trinajstić information content (AvgIpc) is 2.35. The molecule has 0 heterocycles. The Morgan fingerprint density at radius 3 is 2.56 bits per heavy atom. The summed E-state index contributed by atoms with van der Waals surface area (Å²) in [5.41, 5.74) is 0.692. The number of hydrogen-bond acceptors (Lipinski definition) is 2. The molecule has 1 unspecified atom stereocenters. The standard InChI is InChI=1S/C13H14FNO3/c1-9(13(17)18)8-15-12(16)7-4-10-2-5-11(14)6-3-10/h2-7,9H,8H2,1H3,(H,15,16)(H,17,18)/b7-4+. The van der Waals surface area contributed by atoms with Crippen molar-refractivity contribution >= 4 is 18.0 Å². The maximum atomic E-state index is 12.6. The Hall–Kier alpha value is -2.17. The van der Waals surface area contributed by atoms with Gasteiger partial charge in [0.1, 0.15) is 5.82 Å². The van der Waals surface area contributed by atoms with Gasteiger partial charge >= 0.3 is 5.97 Å². The molecule has 96 valence electrons. The first-order valence-corrected chi connectivity index (χ1v) is 5.43. The molecule has 0 aliphatic carbocycles. The quantitative estimate of drug-likeness (QED) is 0.782. The lowest BCUT2D eigenvalue weighted by Crippen LogP contribution is -2.30. The second kappa shape index (κ2) is 6.54. The van der Waals surface area contributed by atoms with Crippen LogP contribution in [0.3, 0.4) is 0 Å². The Morgan fingerprint density at radius 2 is 2.00 bits per heavy atom. The van der Waals surface area contributed by atoms with Crippen molar-refractivity contribution in [3.8, 4) is 0 Å². The number of hydrogen-bond donors (Lipinski definition) is 2. The highest BCUT2D eigenvalue weighted by Gasteiger charge is 2.10. The molecule has 0 radical (unpaired) electrons. The van der Waals surface area contributed by atoms with E-state index in [-0.39, 0.29) is 18.3 Å². The molecule has 18 heavy (non-hydrogen) atoms. The van der Waals surface area contributed by atoms with E-state index in [1.54, 1.807) is 12.1 Å². The smallest absolute Gasteiger partial charge is 0.308 e. The first kappa shape index (κ1) is 13.9. The number of rotatable bonds is 5. The number of halogens is 1. The monoisotopic (exact) mass is 251 g/mol. The van der Waals surface area contributed by atoms with Crippen LogP contribution in [0, 0.1) is 11.7 Å². The van der Waals surface area contributed by atoms with Crippen molar-refractivity contribution in [2.75, 3.05) is 6.54 Å². The molecule has 0 bridgehead atoms. The third-order valence-corrected chi connectivity index (χ3v) is 2.30. The summed E-state index contributed by atoms with van der Waals surface area (Å²) in [7, 11) is 0. The number of carboxylic acids is 1. The minimum absolute atomic E-state index is 0.0714. The number of nitrogens with one attached hydrogen (secondary N) is 1. The third kappa shape index (κ3) is 4.78. The van der Waals surface area contributed by atoms with E-state index in [0.717, 1.165) is 0 Å². The van der Waals surface area contributed by atoms with Gasteiger partial charge in [0, 0.05) is 12.6 Å². The van der Waals surface area contributed by atoms with Crippen LogP contribution in [0.2, 0.25) is 0 Å². The van der Waals surface area contributed by atoms with Crippen LogP contribution in [0.1, 0.15) is 12.5 Å². The Morgan fingerprint density at radius 1 is 1.39 bits per heavy atom. The number of aliphatic carboxylic acids is 1. The largest absolute Gasteiger partial charge is 0.481 e. The van der Waals surface area contributed by atoms with E-state index < -0.39 is 11.9 Å². The molecule has 0 spiro atoms. The topological polar surface area (TPSA) is 66.4 Å². The van der Waals surface area contributed by atoms with E-state index >= 15 is 0 Å². The molecule has 1 aromatic rings. The van der Waals surface area contributed by atoms with Crippen LogP contribution < -0.4 is 5.32 Å². The molecule has 2 N–H and O–H groups in total. The molecule has 1 rings (SSSR count). The normalized spacial score (nSPS) is 12.3. The van der Waals surface area contributed by atoms with Crippen molar-refractivity contribution in [3.05, 3.63) is 41.7 Å². The van der Waals surface area contributed by atoms with Gasteiger partial charge in [-0.3, -0.25) is 9.59 Å². The maximum absolute atomic E-state index is 12.6. The fourth-order valence-corrected chi connectivity index (χ4v) is 1.15. The van der Waals surface area contributed by atoms with Crippen LogP contribution in [0.15, 0.2) is 30.3 Å². The zero-order chi connectivity index (χ0) is 13.5. The molecule has 0 saturated carbocycles. The minimum Gasteiger partial charge on any atom is -0.481 e. The van der Waals surface area contributed by atoms with Crippen molar-refractivity contribution in [1.82, 2.24) is 5.32 Å². The Kier molecular flexibility index (Phi) is 5.05. The van der Waals surface area contributed by atoms with Gasteiger partial charge in [0.25, 0.3) is 0 Å². The predicted molar refractivity (Wildman–Crippen MR) is 65.2 cm³/mol. The van der Waals surface area contributed by atoms with Crippen LogP contribution >= 0.6 is 0 Å². The van der Waals surface area contributed by atoms with Gasteiger partial charge in [0.05, 0.1) is 5.92 Å². The first-order valence-electron chi connectivity index (χ1n) is 5.43. The summed E-state index contributed by atoms with van der Waals surface area (Å²) in [4.78, 5) is 21.9. The SMILES string of the molecule is CC(CNC(=O)/C=C/c1ccc(F)cc1)C(=O)O. The lowest BCUT2D eigenvalue weighted by atomic mass is 10.2. The summed E-state index contributed by atoms with van der Waals surface area (Å²) in [6.45, 7) is 1.58. The number of carbonyl (C=O) groups excluding carboxylic acids is 1. The molecule has 0 aliphatic rings. The highest BCUT2D eigenvalue weighted by molar-refractivity contribution is 5.91. The molecule has 0 aliphatic heterocycles. The Balaban J connectivity index is 2.45. The molecule has 1 amide bonds. The third-order valence-electron chi connectivity index (χ3n) is 2.30. The molecule has 1 aromatic carbocycles. The summed E-state index contributed by atoms with van der Waals surface area (Å²) in [5.74, 6) is -2.31. The second-order valence-corrected chi connectivity index (χ2v) is 3.87. The van der Waals surface area contributed by atoms with E-state index in [1.807, 2.05) is 0 Å². The molecular formula is C13H14FNO3. The van der Waals surface area contributed by atoms with Gasteiger partial charge in [-0.15, -0.1) is 0 Å². The highest BCUT2D eigenvalue weighted by Crippen LogP contribution is 2.04. The molecule has 4 nitrogen and oxygen atoms in total. The fourth-order valence-electron chi connectivity index (χ4n) is 1.15. The summed E-state index contributed by atoms with van der Waals surface area (Å²) in [5, 5.41) is 11.1. The first-order chi connectivity index (χ1) is 8.49. The van der Waals surface area contributed by atoms with Crippen molar-refractivity contribution in [2.24, 2.45) is 5.92 Å². The molecule has 5 heteroatoms. The highest BCUT2D eigenvalue weighted by atomic mass is 19.1. The predicted octanol–water partition coefficient (Wildman–Crippen LogP) is 1.68.